The molecule has 0 bridgehead atoms. The number of hydrogen-bond donors (Lipinski definition) is 1. The van der Waals surface area contributed by atoms with Crippen molar-refractivity contribution in [3.05, 3.63) is 42.0 Å². The van der Waals surface area contributed by atoms with Gasteiger partial charge in [0.25, 0.3) is 0 Å². The highest BCUT2D eigenvalue weighted by atomic mass is 16.5. The second-order valence-electron chi connectivity index (χ2n) is 8.21. The zero-order valence-electron chi connectivity index (χ0n) is 18.6. The van der Waals surface area contributed by atoms with Crippen molar-refractivity contribution in [2.75, 3.05) is 40.8 Å². The minimum atomic E-state index is -0.0992. The molecule has 0 spiro atoms. The number of nitrogens with zero attached hydrogens (tertiary/aromatic N) is 2. The fourth-order valence-corrected chi connectivity index (χ4v) is 3.91. The van der Waals surface area contributed by atoms with Crippen LogP contribution in [0.1, 0.15) is 49.7 Å². The lowest BCUT2D eigenvalue weighted by Crippen LogP contribution is -2.47. The fraction of sp³-hybridized carbons (Fsp3) is 0.625. The van der Waals surface area contributed by atoms with Gasteiger partial charge in [-0.2, -0.15) is 0 Å². The van der Waals surface area contributed by atoms with E-state index in [1.165, 1.54) is 30.4 Å². The first kappa shape index (κ1) is 23.4. The Hall–Kier alpha value is -1.85. The minimum absolute atomic E-state index is 0.0944. The third-order valence-electron chi connectivity index (χ3n) is 5.62. The van der Waals surface area contributed by atoms with E-state index >= 15 is 0 Å². The van der Waals surface area contributed by atoms with Crippen molar-refractivity contribution in [2.24, 2.45) is 0 Å². The van der Waals surface area contributed by atoms with E-state index in [0.29, 0.717) is 0 Å². The van der Waals surface area contributed by atoms with E-state index in [9.17, 15) is 4.79 Å². The average Bonchev–Trinajstić information content (AvgIpc) is 2.72. The quantitative estimate of drug-likeness (QED) is 0.405. The van der Waals surface area contributed by atoms with Crippen molar-refractivity contribution in [1.29, 1.82) is 0 Å². The van der Waals surface area contributed by atoms with Gasteiger partial charge in [0.2, 0.25) is 5.91 Å². The molecule has 0 saturated heterocycles. The molecule has 0 aliphatic carbocycles. The van der Waals surface area contributed by atoms with Crippen LogP contribution in [0.15, 0.2) is 30.9 Å². The number of fused-ring (bicyclic) bond motifs is 1. The molecule has 1 aliphatic heterocycles. The zero-order chi connectivity index (χ0) is 21.1. The molecule has 1 heterocycles. The van der Waals surface area contributed by atoms with Crippen LogP contribution >= 0.6 is 0 Å². The summed E-state index contributed by atoms with van der Waals surface area (Å²) in [5.41, 5.74) is 2.66. The van der Waals surface area contributed by atoms with Crippen LogP contribution in [0.25, 0.3) is 0 Å². The van der Waals surface area contributed by atoms with Gasteiger partial charge >= 0.3 is 0 Å². The Bertz CT molecular complexity index is 645. The van der Waals surface area contributed by atoms with Crippen LogP contribution in [0.3, 0.4) is 0 Å². The lowest BCUT2D eigenvalue weighted by Gasteiger charge is -2.34. The first-order valence-corrected chi connectivity index (χ1v) is 11.0. The Morgan fingerprint density at radius 3 is 2.79 bits per heavy atom. The molecule has 1 unspecified atom stereocenters. The zero-order valence-corrected chi connectivity index (χ0v) is 18.6. The van der Waals surface area contributed by atoms with E-state index in [1.807, 2.05) is 6.08 Å². The van der Waals surface area contributed by atoms with E-state index in [-0.39, 0.29) is 11.9 Å². The highest BCUT2D eigenvalue weighted by molar-refractivity contribution is 5.81. The minimum Gasteiger partial charge on any atom is -0.494 e. The third-order valence-corrected chi connectivity index (χ3v) is 5.62. The molecule has 29 heavy (non-hydrogen) atoms. The molecule has 162 valence electrons. The average molecular weight is 402 g/mol. The summed E-state index contributed by atoms with van der Waals surface area (Å²) in [6, 6.07) is 6.35. The number of ether oxygens (including phenoxy) is 1. The van der Waals surface area contributed by atoms with E-state index in [2.05, 4.69) is 54.0 Å². The number of rotatable bonds is 13. The number of likely N-dealkylation sites (N-methyl/N-ethyl adjacent to an activating group) is 1. The number of unbranched alkanes of at least 4 members (excludes halogenated alkanes) is 3. The van der Waals surface area contributed by atoms with Crippen molar-refractivity contribution in [3.8, 4) is 5.75 Å². The van der Waals surface area contributed by atoms with Gasteiger partial charge < -0.3 is 15.0 Å². The Balaban J connectivity index is 1.86. The number of amides is 1. The number of benzene rings is 1. The maximum Gasteiger partial charge on any atom is 0.237 e. The Labute approximate surface area is 177 Å². The normalized spacial score (nSPS) is 15.0. The van der Waals surface area contributed by atoms with Crippen molar-refractivity contribution in [2.45, 2.75) is 57.5 Å². The summed E-state index contributed by atoms with van der Waals surface area (Å²) in [5, 5.41) is 2.82. The van der Waals surface area contributed by atoms with Gasteiger partial charge in [-0.3, -0.25) is 9.69 Å². The predicted molar refractivity (Wildman–Crippen MR) is 120 cm³/mol. The summed E-state index contributed by atoms with van der Waals surface area (Å²) in [7, 11) is 5.96. The number of carbonyl (C=O) groups excluding carboxylic acids is 1. The van der Waals surface area contributed by atoms with Gasteiger partial charge in [-0.25, -0.2) is 0 Å². The van der Waals surface area contributed by atoms with Crippen LogP contribution in [-0.2, 0) is 17.8 Å². The van der Waals surface area contributed by atoms with Gasteiger partial charge in [0, 0.05) is 20.1 Å². The molecule has 5 nitrogen and oxygen atoms in total. The van der Waals surface area contributed by atoms with Gasteiger partial charge in [-0.05, 0) is 76.0 Å². The lowest BCUT2D eigenvalue weighted by atomic mass is 9.96. The van der Waals surface area contributed by atoms with Crippen molar-refractivity contribution in [1.82, 2.24) is 15.1 Å². The molecule has 2 rings (SSSR count). The fourth-order valence-electron chi connectivity index (χ4n) is 3.91. The smallest absolute Gasteiger partial charge is 0.237 e. The summed E-state index contributed by atoms with van der Waals surface area (Å²) in [6.07, 6.45) is 9.33. The molecule has 1 atom stereocenters. The van der Waals surface area contributed by atoms with Gasteiger partial charge in [0.15, 0.2) is 0 Å². The van der Waals surface area contributed by atoms with E-state index in [1.54, 1.807) is 7.05 Å². The van der Waals surface area contributed by atoms with Crippen LogP contribution in [0.4, 0.5) is 0 Å². The molecule has 1 aliphatic rings. The third kappa shape index (κ3) is 7.82. The second kappa shape index (κ2) is 12.7. The SMILES string of the molecule is C=CCCC(C(=O)NC)N1CCc2ccc(OCCCCCCN(C)C)cc2C1. The van der Waals surface area contributed by atoms with Crippen molar-refractivity contribution in [3.63, 3.8) is 0 Å². The molecule has 1 aromatic rings. The van der Waals surface area contributed by atoms with Crippen molar-refractivity contribution < 1.29 is 9.53 Å². The standard InChI is InChI=1S/C24H39N3O2/c1-5-6-11-23(24(28)25-2)27-16-14-20-12-13-22(18-21(20)19-27)29-17-10-8-7-9-15-26(3)4/h5,12-13,18,23H,1,6-11,14-17,19H2,2-4H3,(H,25,28). The number of carbonyl (C=O) groups is 1. The Morgan fingerprint density at radius 2 is 2.07 bits per heavy atom. The summed E-state index contributed by atoms with van der Waals surface area (Å²) < 4.78 is 6.01. The summed E-state index contributed by atoms with van der Waals surface area (Å²) in [5.74, 6) is 1.04. The summed E-state index contributed by atoms with van der Waals surface area (Å²) >= 11 is 0. The van der Waals surface area contributed by atoms with Gasteiger partial charge in [0.1, 0.15) is 5.75 Å². The van der Waals surface area contributed by atoms with Crippen LogP contribution in [-0.4, -0.2) is 62.6 Å². The van der Waals surface area contributed by atoms with Crippen LogP contribution in [0, 0.1) is 0 Å². The van der Waals surface area contributed by atoms with Crippen LogP contribution in [0.5, 0.6) is 5.75 Å². The van der Waals surface area contributed by atoms with E-state index in [0.717, 1.165) is 57.7 Å². The highest BCUT2D eigenvalue weighted by Crippen LogP contribution is 2.26. The van der Waals surface area contributed by atoms with Crippen molar-refractivity contribution >= 4 is 5.91 Å². The molecular weight excluding hydrogens is 362 g/mol. The summed E-state index contributed by atoms with van der Waals surface area (Å²) in [6.45, 7) is 7.44. The number of hydrogen-bond acceptors (Lipinski definition) is 4. The summed E-state index contributed by atoms with van der Waals surface area (Å²) in [4.78, 5) is 16.9. The van der Waals surface area contributed by atoms with Gasteiger partial charge in [-0.1, -0.05) is 25.0 Å². The molecule has 1 aromatic carbocycles. The molecule has 5 heteroatoms. The number of allylic oxidation sites excluding steroid dienone is 1. The van der Waals surface area contributed by atoms with Gasteiger partial charge in [-0.15, -0.1) is 6.58 Å². The largest absolute Gasteiger partial charge is 0.494 e. The maximum atomic E-state index is 12.4. The maximum absolute atomic E-state index is 12.4. The Kier molecular flexibility index (Phi) is 10.2. The van der Waals surface area contributed by atoms with Gasteiger partial charge in [0.05, 0.1) is 12.6 Å². The van der Waals surface area contributed by atoms with Crippen LogP contribution < -0.4 is 10.1 Å². The topological polar surface area (TPSA) is 44.8 Å². The highest BCUT2D eigenvalue weighted by Gasteiger charge is 2.27. The number of nitrogens with one attached hydrogen (secondary N) is 1. The molecular formula is C24H39N3O2. The van der Waals surface area contributed by atoms with Crippen LogP contribution in [0.2, 0.25) is 0 Å². The molecule has 0 fully saturated rings. The first-order chi connectivity index (χ1) is 14.0. The molecule has 0 saturated carbocycles. The monoisotopic (exact) mass is 401 g/mol. The Morgan fingerprint density at radius 1 is 1.28 bits per heavy atom. The predicted octanol–water partition coefficient (Wildman–Crippen LogP) is 3.63. The molecule has 0 radical (unpaired) electrons. The molecule has 1 N–H and O–H groups in total. The second-order valence-corrected chi connectivity index (χ2v) is 8.21. The molecule has 0 aromatic heterocycles. The lowest BCUT2D eigenvalue weighted by molar-refractivity contribution is -0.126. The van der Waals surface area contributed by atoms with E-state index < -0.39 is 0 Å². The molecule has 1 amide bonds. The first-order valence-electron chi connectivity index (χ1n) is 11.0. The van der Waals surface area contributed by atoms with E-state index in [4.69, 9.17) is 4.74 Å².